The fourth-order valence-corrected chi connectivity index (χ4v) is 14.5. The molecule has 0 bridgehead atoms. The maximum atomic E-state index is 9.30. The van der Waals surface area contributed by atoms with E-state index in [0.29, 0.717) is 33.4 Å². The molecule has 0 aliphatic rings. The van der Waals surface area contributed by atoms with Crippen LogP contribution in [0.2, 0.25) is 0 Å². The Hall–Kier alpha value is -13.4. The van der Waals surface area contributed by atoms with Gasteiger partial charge in [0.25, 0.3) is 0 Å². The van der Waals surface area contributed by atoms with Gasteiger partial charge in [0.05, 0.1) is 28.8 Å². The molecular weight excluding hydrogens is 1230 g/mol. The number of fused-ring (bicyclic) bond motifs is 10. The molecule has 2 heterocycles. The summed E-state index contributed by atoms with van der Waals surface area (Å²) in [5, 5.41) is 3.78. The van der Waals surface area contributed by atoms with Crippen LogP contribution in [0.3, 0.4) is 0 Å². The van der Waals surface area contributed by atoms with Crippen LogP contribution >= 0.6 is 0 Å². The summed E-state index contributed by atoms with van der Waals surface area (Å²) in [7, 11) is 0. The molecule has 2 aromatic heterocycles. The zero-order valence-corrected chi connectivity index (χ0v) is 54.1. The maximum absolute atomic E-state index is 9.30. The highest BCUT2D eigenvalue weighted by Crippen LogP contribution is 2.50. The third-order valence-corrected chi connectivity index (χ3v) is 19.2. The molecule has 20 aromatic rings. The van der Waals surface area contributed by atoms with Gasteiger partial charge in [0.1, 0.15) is 22.3 Å². The van der Waals surface area contributed by atoms with Crippen molar-refractivity contribution >= 4 is 87.0 Å². The molecule has 0 saturated carbocycles. The van der Waals surface area contributed by atoms with Crippen LogP contribution in [0, 0.1) is 0 Å². The molecule has 476 valence electrons. The summed E-state index contributed by atoms with van der Waals surface area (Å²) in [6.45, 7) is 0. The highest BCUT2D eigenvalue weighted by molar-refractivity contribution is 6.24. The standard InChI is InChI=1S/2C50H32O/c1-3-12-33(13-4-1)37-16-11-17-38(30-37)40-27-29-48-46(32-40)45-31-39(26-28-47(45)51-48)34-22-24-36(25-23-34)50-43-20-9-7-18-41(43)49(35-14-5-2-6-15-35)42-19-8-10-21-44(42)50;1-3-15-33(16-4-1)37-19-7-8-20-39(37)49-38(31-32-46-50(49)44-25-13-14-26-45(44)51-46)34-27-29-36(30-28-34)48-42-23-11-9-21-40(42)47(35-17-5-2-6-18-35)41-22-10-12-24-43(41)48/h2*1-32H/i2D,5D,6D,7D,8D,9D,10D,14D,15D,18D,19D,20D,21D;9D,10D,11D,12D,21D,22D,23D,24D. The summed E-state index contributed by atoms with van der Waals surface area (Å²) in [6, 6.07) is 73.8. The molecule has 0 radical (unpaired) electrons. The van der Waals surface area contributed by atoms with Crippen LogP contribution in [-0.4, -0.2) is 0 Å². The summed E-state index contributed by atoms with van der Waals surface area (Å²) in [5.74, 6) is 0. The Morgan fingerprint density at radius 1 is 0.167 bits per heavy atom. The number of rotatable bonds is 10. The first-order chi connectivity index (χ1) is 59.3. The zero-order valence-electron chi connectivity index (χ0n) is 75.1. The zero-order chi connectivity index (χ0) is 85.7. The first-order valence-corrected chi connectivity index (χ1v) is 33.3. The van der Waals surface area contributed by atoms with Gasteiger partial charge in [-0.25, -0.2) is 0 Å². The van der Waals surface area contributed by atoms with Crippen molar-refractivity contribution in [1.82, 2.24) is 0 Å². The summed E-state index contributed by atoms with van der Waals surface area (Å²) in [4.78, 5) is 0. The third-order valence-electron chi connectivity index (χ3n) is 19.2. The fourth-order valence-electron chi connectivity index (χ4n) is 14.5. The van der Waals surface area contributed by atoms with E-state index in [0.717, 1.165) is 105 Å². The Bertz CT molecular complexity index is 7720. The van der Waals surface area contributed by atoms with E-state index in [2.05, 4.69) is 72.8 Å². The van der Waals surface area contributed by atoms with Gasteiger partial charge in [-0.1, -0.05) is 345 Å². The van der Waals surface area contributed by atoms with Crippen molar-refractivity contribution in [2.24, 2.45) is 0 Å². The van der Waals surface area contributed by atoms with Crippen LogP contribution < -0.4 is 0 Å². The van der Waals surface area contributed by atoms with Crippen molar-refractivity contribution in [3.8, 4) is 111 Å². The van der Waals surface area contributed by atoms with Gasteiger partial charge < -0.3 is 8.83 Å². The summed E-state index contributed by atoms with van der Waals surface area (Å²) < 4.78 is 199. The number of para-hydroxylation sites is 1. The number of hydrogen-bond acceptors (Lipinski definition) is 2. The molecule has 0 unspecified atom stereocenters. The van der Waals surface area contributed by atoms with Gasteiger partial charge in [0.2, 0.25) is 0 Å². The van der Waals surface area contributed by atoms with E-state index in [-0.39, 0.29) is 78.4 Å². The Morgan fingerprint density at radius 2 is 0.490 bits per heavy atom. The lowest BCUT2D eigenvalue weighted by Crippen LogP contribution is -1.92. The van der Waals surface area contributed by atoms with Crippen molar-refractivity contribution in [3.63, 3.8) is 0 Å². The van der Waals surface area contributed by atoms with Gasteiger partial charge in [-0.2, -0.15) is 0 Å². The minimum absolute atomic E-state index is 0.0758. The molecule has 102 heavy (non-hydrogen) atoms. The molecule has 0 atom stereocenters. The average Bonchev–Trinajstić information content (AvgIpc) is 1.35. The molecule has 0 aliphatic heterocycles. The van der Waals surface area contributed by atoms with Crippen LogP contribution in [-0.2, 0) is 0 Å². The second-order valence-corrected chi connectivity index (χ2v) is 24.9. The van der Waals surface area contributed by atoms with Gasteiger partial charge in [-0.15, -0.1) is 0 Å². The smallest absolute Gasteiger partial charge is 0.136 e. The van der Waals surface area contributed by atoms with Crippen LogP contribution in [0.15, 0.2) is 397 Å². The molecular formula is C100H64O2. The van der Waals surface area contributed by atoms with Crippen LogP contribution in [0.4, 0.5) is 0 Å². The average molecular weight is 1320 g/mol. The lowest BCUT2D eigenvalue weighted by Gasteiger charge is -2.18. The number of benzene rings is 18. The van der Waals surface area contributed by atoms with E-state index in [1.165, 1.54) is 0 Å². The lowest BCUT2D eigenvalue weighted by atomic mass is 9.84. The van der Waals surface area contributed by atoms with Gasteiger partial charge in [-0.05, 0) is 191 Å². The normalized spacial score (nSPS) is 14.4. The SMILES string of the molecule is [2H]c1c([2H])c([2H])c(-c2c3c([2H])c([2H])c([2H])c([2H])c3c(-c3ccc(-c4ccc5oc6ccc(-c7cccc(-c8ccccc8)c7)cc6c5c4)cc3)c3c([2H])c([2H])c([2H])c([2H])c23)c([2H])c1[2H].[2H]c1c([2H])c([2H])c2c(-c3ccc(-c4ccc5oc6ccccc6c5c4-c4ccccc4-c4ccccc4)cc3)c3c([2H])c([2H])c([2H])c([2H])c3c(-c3ccccc3)c2c1[2H]. The molecule has 0 spiro atoms. The topological polar surface area (TPSA) is 26.3 Å². The van der Waals surface area contributed by atoms with E-state index in [1.807, 2.05) is 152 Å². The van der Waals surface area contributed by atoms with E-state index in [1.54, 1.807) is 36.4 Å². The van der Waals surface area contributed by atoms with E-state index >= 15 is 0 Å². The summed E-state index contributed by atoms with van der Waals surface area (Å²) in [5.41, 5.74) is 16.3. The molecule has 0 fully saturated rings. The van der Waals surface area contributed by atoms with Crippen LogP contribution in [0.5, 0.6) is 0 Å². The number of furan rings is 2. The Labute approximate surface area is 621 Å². The van der Waals surface area contributed by atoms with E-state index in [9.17, 15) is 11.0 Å². The van der Waals surface area contributed by atoms with Crippen LogP contribution in [0.25, 0.3) is 198 Å². The maximum Gasteiger partial charge on any atom is 0.136 e. The molecule has 2 heteroatoms. The van der Waals surface area contributed by atoms with Crippen molar-refractivity contribution in [1.29, 1.82) is 0 Å². The summed E-state index contributed by atoms with van der Waals surface area (Å²) in [6.07, 6.45) is 0. The monoisotopic (exact) mass is 1320 g/mol. The first kappa shape index (κ1) is 41.8. The van der Waals surface area contributed by atoms with E-state index in [4.69, 9.17) is 26.7 Å². The highest BCUT2D eigenvalue weighted by Gasteiger charge is 2.23. The highest BCUT2D eigenvalue weighted by atomic mass is 16.3. The van der Waals surface area contributed by atoms with Gasteiger partial charge in [0.15, 0.2) is 0 Å². The van der Waals surface area contributed by atoms with Gasteiger partial charge in [0, 0.05) is 27.1 Å². The van der Waals surface area contributed by atoms with E-state index < -0.39 is 108 Å². The van der Waals surface area contributed by atoms with Crippen molar-refractivity contribution in [3.05, 3.63) is 388 Å². The predicted octanol–water partition coefficient (Wildman–Crippen LogP) is 28.5. The Kier molecular flexibility index (Phi) is 10.4. The molecule has 0 saturated heterocycles. The van der Waals surface area contributed by atoms with Crippen molar-refractivity contribution < 1.29 is 37.6 Å². The second-order valence-electron chi connectivity index (χ2n) is 24.9. The Morgan fingerprint density at radius 3 is 1.02 bits per heavy atom. The summed E-state index contributed by atoms with van der Waals surface area (Å²) >= 11 is 0. The molecule has 0 N–H and O–H groups in total. The fraction of sp³-hybridized carbons (Fsp3) is 0. The number of hydrogen-bond donors (Lipinski definition) is 0. The molecule has 2 nitrogen and oxygen atoms in total. The lowest BCUT2D eigenvalue weighted by molar-refractivity contribution is 0.668. The molecule has 18 aromatic carbocycles. The van der Waals surface area contributed by atoms with Gasteiger partial charge >= 0.3 is 0 Å². The predicted molar refractivity (Wildman–Crippen MR) is 432 cm³/mol. The molecule has 20 rings (SSSR count). The minimum Gasteiger partial charge on any atom is -0.456 e. The first-order valence-electron chi connectivity index (χ1n) is 43.8. The quantitative estimate of drug-likeness (QED) is 0.128. The van der Waals surface area contributed by atoms with Crippen molar-refractivity contribution in [2.75, 3.05) is 0 Å². The molecule has 0 aliphatic carbocycles. The largest absolute Gasteiger partial charge is 0.456 e. The van der Waals surface area contributed by atoms with Crippen LogP contribution in [0.1, 0.15) is 28.8 Å². The third kappa shape index (κ3) is 10.5. The Balaban J connectivity index is 0.000000162. The minimum atomic E-state index is -0.714. The second kappa shape index (κ2) is 25.5. The van der Waals surface area contributed by atoms with Crippen molar-refractivity contribution in [2.45, 2.75) is 0 Å². The van der Waals surface area contributed by atoms with Gasteiger partial charge in [-0.3, -0.25) is 0 Å². The molecule has 0 amide bonds.